The SMILES string of the molecule is Cc1ccc(C(=O)Nc2cccc(C(F)(F)F)c2)cc1-c1cc2cnc(NC(C)C)nc2c(-c2cncnc2)c1O. The maximum atomic E-state index is 13.1. The summed E-state index contributed by atoms with van der Waals surface area (Å²) in [5.74, 6) is -0.308. The summed E-state index contributed by atoms with van der Waals surface area (Å²) in [5.41, 5.74) is 2.45. The van der Waals surface area contributed by atoms with Crippen molar-refractivity contribution in [2.24, 2.45) is 0 Å². The first kappa shape index (κ1) is 27.5. The van der Waals surface area contributed by atoms with Crippen molar-refractivity contribution in [3.63, 3.8) is 0 Å². The van der Waals surface area contributed by atoms with Crippen molar-refractivity contribution in [3.8, 4) is 28.0 Å². The van der Waals surface area contributed by atoms with E-state index in [1.165, 1.54) is 18.5 Å². The molecule has 0 fully saturated rings. The van der Waals surface area contributed by atoms with Gasteiger partial charge < -0.3 is 15.7 Å². The van der Waals surface area contributed by atoms with Gasteiger partial charge in [0, 0.05) is 52.4 Å². The quantitative estimate of drug-likeness (QED) is 0.209. The number of phenols is 1. The van der Waals surface area contributed by atoms with Crippen LogP contribution in [0.25, 0.3) is 33.2 Å². The first-order chi connectivity index (χ1) is 19.5. The number of benzene rings is 3. The van der Waals surface area contributed by atoms with Crippen LogP contribution in [0.2, 0.25) is 0 Å². The number of halogens is 3. The Morgan fingerprint density at radius 2 is 1.73 bits per heavy atom. The molecule has 41 heavy (non-hydrogen) atoms. The predicted molar refractivity (Wildman–Crippen MR) is 151 cm³/mol. The van der Waals surface area contributed by atoms with E-state index in [2.05, 4.69) is 30.6 Å². The van der Waals surface area contributed by atoms with Crippen LogP contribution in [0.1, 0.15) is 35.3 Å². The van der Waals surface area contributed by atoms with E-state index in [4.69, 9.17) is 0 Å². The highest BCUT2D eigenvalue weighted by atomic mass is 19.4. The van der Waals surface area contributed by atoms with E-state index < -0.39 is 17.6 Å². The highest BCUT2D eigenvalue weighted by molar-refractivity contribution is 6.06. The van der Waals surface area contributed by atoms with Crippen LogP contribution in [0.4, 0.5) is 24.8 Å². The average molecular weight is 559 g/mol. The predicted octanol–water partition coefficient (Wildman–Crippen LogP) is 6.86. The topological polar surface area (TPSA) is 113 Å². The van der Waals surface area contributed by atoms with Crippen LogP contribution < -0.4 is 10.6 Å². The average Bonchev–Trinajstić information content (AvgIpc) is 2.93. The summed E-state index contributed by atoms with van der Waals surface area (Å²) in [4.78, 5) is 30.3. The van der Waals surface area contributed by atoms with Crippen molar-refractivity contribution in [3.05, 3.63) is 90.1 Å². The highest BCUT2D eigenvalue weighted by Crippen LogP contribution is 2.44. The third-order valence-corrected chi connectivity index (χ3v) is 6.35. The summed E-state index contributed by atoms with van der Waals surface area (Å²) in [6.07, 6.45) is 1.61. The van der Waals surface area contributed by atoms with Gasteiger partial charge in [-0.1, -0.05) is 12.1 Å². The Labute approximate surface area is 233 Å². The number of hydrogen-bond acceptors (Lipinski definition) is 7. The number of nitrogens with one attached hydrogen (secondary N) is 2. The zero-order chi connectivity index (χ0) is 29.3. The van der Waals surface area contributed by atoms with E-state index in [0.717, 1.165) is 17.7 Å². The Morgan fingerprint density at radius 1 is 0.976 bits per heavy atom. The van der Waals surface area contributed by atoms with Crippen LogP contribution in [-0.4, -0.2) is 37.0 Å². The number of rotatable bonds is 6. The molecule has 0 bridgehead atoms. The fraction of sp³-hybridized carbons (Fsp3) is 0.167. The molecule has 0 unspecified atom stereocenters. The molecule has 2 aromatic heterocycles. The van der Waals surface area contributed by atoms with Crippen molar-refractivity contribution < 1.29 is 23.1 Å². The van der Waals surface area contributed by atoms with E-state index in [1.807, 2.05) is 20.8 Å². The lowest BCUT2D eigenvalue weighted by molar-refractivity contribution is -0.137. The van der Waals surface area contributed by atoms with E-state index in [1.54, 1.807) is 42.9 Å². The number of nitrogens with zero attached hydrogens (tertiary/aromatic N) is 4. The van der Waals surface area contributed by atoms with E-state index >= 15 is 0 Å². The number of carbonyl (C=O) groups excluding carboxylic acids is 1. The van der Waals surface area contributed by atoms with Crippen molar-refractivity contribution in [2.75, 3.05) is 10.6 Å². The Bertz CT molecular complexity index is 1760. The molecule has 0 aliphatic heterocycles. The fourth-order valence-corrected chi connectivity index (χ4v) is 4.43. The van der Waals surface area contributed by atoms with Crippen molar-refractivity contribution >= 4 is 28.4 Å². The first-order valence-electron chi connectivity index (χ1n) is 12.7. The molecule has 1 amide bonds. The standard InChI is InChI=1S/C30H25F3N6O2/c1-16(2)37-29-36-14-19-10-24(27(40)25(26(19)39-29)20-12-34-15-35-13-20)23-9-18(8-7-17(23)3)28(41)38-22-6-4-5-21(11-22)30(31,32)33/h4-16,40H,1-3H3,(H,38,41)(H,36,37,39). The van der Waals surface area contributed by atoms with Crippen LogP contribution in [0.3, 0.4) is 0 Å². The molecule has 208 valence electrons. The molecular weight excluding hydrogens is 533 g/mol. The lowest BCUT2D eigenvalue weighted by Crippen LogP contribution is -2.13. The summed E-state index contributed by atoms with van der Waals surface area (Å²) >= 11 is 0. The van der Waals surface area contributed by atoms with Gasteiger partial charge in [-0.2, -0.15) is 13.2 Å². The smallest absolute Gasteiger partial charge is 0.416 e. The summed E-state index contributed by atoms with van der Waals surface area (Å²) in [6.45, 7) is 5.74. The molecule has 11 heteroatoms. The van der Waals surface area contributed by atoms with Gasteiger partial charge in [0.05, 0.1) is 16.6 Å². The minimum atomic E-state index is -4.54. The van der Waals surface area contributed by atoms with Gasteiger partial charge in [0.2, 0.25) is 5.95 Å². The summed E-state index contributed by atoms with van der Waals surface area (Å²) < 4.78 is 39.4. The number of aryl methyl sites for hydroxylation is 1. The molecule has 0 radical (unpaired) electrons. The largest absolute Gasteiger partial charge is 0.507 e. The van der Waals surface area contributed by atoms with Crippen LogP contribution in [0, 0.1) is 6.92 Å². The molecule has 0 aliphatic carbocycles. The molecular formula is C30H25F3N6O2. The van der Waals surface area contributed by atoms with Gasteiger partial charge in [-0.15, -0.1) is 0 Å². The zero-order valence-corrected chi connectivity index (χ0v) is 22.3. The van der Waals surface area contributed by atoms with E-state index in [9.17, 15) is 23.1 Å². The van der Waals surface area contributed by atoms with Crippen molar-refractivity contribution in [2.45, 2.75) is 33.0 Å². The van der Waals surface area contributed by atoms with Crippen molar-refractivity contribution in [1.82, 2.24) is 19.9 Å². The highest BCUT2D eigenvalue weighted by Gasteiger charge is 2.30. The number of alkyl halides is 3. The molecule has 8 nitrogen and oxygen atoms in total. The van der Waals surface area contributed by atoms with Gasteiger partial charge in [0.1, 0.15) is 12.1 Å². The minimum Gasteiger partial charge on any atom is -0.507 e. The first-order valence-corrected chi connectivity index (χ1v) is 12.7. The zero-order valence-electron chi connectivity index (χ0n) is 22.3. The molecule has 0 atom stereocenters. The van der Waals surface area contributed by atoms with E-state index in [0.29, 0.717) is 39.1 Å². The molecule has 5 aromatic rings. The number of amides is 1. The lowest BCUT2D eigenvalue weighted by Gasteiger charge is -2.17. The number of carbonyl (C=O) groups is 1. The lowest BCUT2D eigenvalue weighted by atomic mass is 9.92. The Kier molecular flexibility index (Phi) is 7.27. The van der Waals surface area contributed by atoms with Gasteiger partial charge in [-0.05, 0) is 68.3 Å². The molecule has 5 rings (SSSR count). The van der Waals surface area contributed by atoms with Gasteiger partial charge in [-0.25, -0.2) is 19.9 Å². The van der Waals surface area contributed by atoms with Gasteiger partial charge in [0.15, 0.2) is 0 Å². The van der Waals surface area contributed by atoms with Gasteiger partial charge in [-0.3, -0.25) is 4.79 Å². The van der Waals surface area contributed by atoms with Crippen LogP contribution in [0.5, 0.6) is 5.75 Å². The summed E-state index contributed by atoms with van der Waals surface area (Å²) in [6, 6.07) is 11.1. The van der Waals surface area contributed by atoms with Crippen LogP contribution in [-0.2, 0) is 6.18 Å². The molecule has 0 spiro atoms. The Morgan fingerprint density at radius 3 is 2.44 bits per heavy atom. The van der Waals surface area contributed by atoms with Crippen LogP contribution in [0.15, 0.2) is 73.4 Å². The molecule has 3 N–H and O–H groups in total. The second kappa shape index (κ2) is 10.8. The second-order valence-electron chi connectivity index (χ2n) is 9.77. The maximum Gasteiger partial charge on any atom is 0.416 e. The van der Waals surface area contributed by atoms with Crippen LogP contribution >= 0.6 is 0 Å². The van der Waals surface area contributed by atoms with Gasteiger partial charge in [0.25, 0.3) is 5.91 Å². The number of aromatic hydroxyl groups is 1. The van der Waals surface area contributed by atoms with Crippen molar-refractivity contribution in [1.29, 1.82) is 0 Å². The molecule has 3 aromatic carbocycles. The number of hydrogen-bond donors (Lipinski definition) is 3. The maximum absolute atomic E-state index is 13.1. The Hall–Kier alpha value is -5.06. The number of fused-ring (bicyclic) bond motifs is 1. The molecule has 0 aliphatic rings. The second-order valence-corrected chi connectivity index (χ2v) is 9.77. The Balaban J connectivity index is 1.61. The molecule has 0 saturated heterocycles. The minimum absolute atomic E-state index is 0.00910. The normalized spacial score (nSPS) is 11.6. The third-order valence-electron chi connectivity index (χ3n) is 6.35. The monoisotopic (exact) mass is 558 g/mol. The fourth-order valence-electron chi connectivity index (χ4n) is 4.43. The number of anilines is 2. The summed E-state index contributed by atoms with van der Waals surface area (Å²) in [5, 5.41) is 17.9. The molecule has 2 heterocycles. The molecule has 0 saturated carbocycles. The van der Waals surface area contributed by atoms with E-state index in [-0.39, 0.29) is 23.0 Å². The number of aromatic nitrogens is 4. The number of phenolic OH excluding ortho intramolecular Hbond substituents is 1. The summed E-state index contributed by atoms with van der Waals surface area (Å²) in [7, 11) is 0. The van der Waals surface area contributed by atoms with Gasteiger partial charge >= 0.3 is 6.18 Å². The third kappa shape index (κ3) is 5.79.